The van der Waals surface area contributed by atoms with Crippen molar-refractivity contribution >= 4 is 46.7 Å². The number of para-hydroxylation sites is 1. The number of aryl methyl sites for hydroxylation is 1. The van der Waals surface area contributed by atoms with E-state index in [-0.39, 0.29) is 11.9 Å². The van der Waals surface area contributed by atoms with Gasteiger partial charge in [-0.3, -0.25) is 0 Å². The first-order valence-electron chi connectivity index (χ1n) is 9.63. The van der Waals surface area contributed by atoms with Gasteiger partial charge in [0.2, 0.25) is 0 Å². The van der Waals surface area contributed by atoms with Gasteiger partial charge in [-0.15, -0.1) is 16.7 Å². The number of rotatable bonds is 3. The molecule has 3 aromatic carbocycles. The summed E-state index contributed by atoms with van der Waals surface area (Å²) < 4.78 is 1.73. The molecular formula is C24H18ClN2O2S+. The Bertz CT molecular complexity index is 1240. The van der Waals surface area contributed by atoms with Crippen molar-refractivity contribution in [2.75, 3.05) is 4.90 Å². The maximum absolute atomic E-state index is 13.7. The Morgan fingerprint density at radius 1 is 0.967 bits per heavy atom. The molecule has 0 radical (unpaired) electrons. The van der Waals surface area contributed by atoms with E-state index >= 15 is 0 Å². The van der Waals surface area contributed by atoms with Crippen molar-refractivity contribution in [2.45, 2.75) is 23.6 Å². The average molecular weight is 434 g/mol. The molecule has 0 spiro atoms. The Morgan fingerprint density at radius 3 is 2.47 bits per heavy atom. The second-order valence-corrected chi connectivity index (χ2v) is 8.85. The summed E-state index contributed by atoms with van der Waals surface area (Å²) in [5.41, 5.74) is 4.26. The first kappa shape index (κ1) is 19.1. The van der Waals surface area contributed by atoms with Gasteiger partial charge in [0.1, 0.15) is 12.3 Å². The van der Waals surface area contributed by atoms with E-state index in [1.807, 2.05) is 55.5 Å². The van der Waals surface area contributed by atoms with E-state index in [1.165, 1.54) is 16.7 Å². The van der Waals surface area contributed by atoms with Gasteiger partial charge in [-0.05, 0) is 42.3 Å². The number of hydrogen-bond donors (Lipinski definition) is 0. The minimum atomic E-state index is -0.486. The number of fused-ring (bicyclic) bond motifs is 3. The highest BCUT2D eigenvalue weighted by Gasteiger charge is 2.53. The van der Waals surface area contributed by atoms with Gasteiger partial charge in [-0.2, -0.15) is 9.37 Å². The summed E-state index contributed by atoms with van der Waals surface area (Å²) in [6.45, 7) is 2.42. The molecule has 0 saturated carbocycles. The van der Waals surface area contributed by atoms with E-state index in [4.69, 9.17) is 11.6 Å². The SMILES string of the molecule is Cc1ccccc1C[N+]1=C2c3ccccc3SC2C(=O)N(c2ccccc2Cl)C1=O. The number of amides is 3. The first-order chi connectivity index (χ1) is 14.6. The number of anilines is 1. The highest BCUT2D eigenvalue weighted by Crippen LogP contribution is 2.42. The van der Waals surface area contributed by atoms with Crippen molar-refractivity contribution in [3.05, 3.63) is 94.5 Å². The predicted molar refractivity (Wildman–Crippen MR) is 120 cm³/mol. The van der Waals surface area contributed by atoms with Crippen molar-refractivity contribution in [3.63, 3.8) is 0 Å². The van der Waals surface area contributed by atoms with Gasteiger partial charge < -0.3 is 0 Å². The molecule has 2 aliphatic rings. The highest BCUT2D eigenvalue weighted by molar-refractivity contribution is 8.02. The summed E-state index contributed by atoms with van der Waals surface area (Å²) in [6, 6.07) is 22.5. The van der Waals surface area contributed by atoms with Crippen molar-refractivity contribution in [2.24, 2.45) is 0 Å². The van der Waals surface area contributed by atoms with Crippen LogP contribution in [0.25, 0.3) is 0 Å². The molecule has 0 saturated heterocycles. The molecule has 0 fully saturated rings. The largest absolute Gasteiger partial charge is 0.506 e. The summed E-state index contributed by atoms with van der Waals surface area (Å²) in [5.74, 6) is -0.259. The molecule has 2 aliphatic heterocycles. The second kappa shape index (κ2) is 7.42. The Balaban J connectivity index is 1.71. The lowest BCUT2D eigenvalue weighted by Crippen LogP contribution is -2.55. The van der Waals surface area contributed by atoms with Crippen LogP contribution in [-0.4, -0.2) is 27.5 Å². The van der Waals surface area contributed by atoms with E-state index in [2.05, 4.69) is 0 Å². The monoisotopic (exact) mass is 433 g/mol. The van der Waals surface area contributed by atoms with Crippen molar-refractivity contribution < 1.29 is 14.2 Å². The van der Waals surface area contributed by atoms with Crippen molar-refractivity contribution in [1.82, 2.24) is 0 Å². The summed E-state index contributed by atoms with van der Waals surface area (Å²) in [4.78, 5) is 29.4. The molecule has 1 atom stereocenters. The van der Waals surface area contributed by atoms with E-state index in [1.54, 1.807) is 28.8 Å². The van der Waals surface area contributed by atoms with Crippen LogP contribution in [0.5, 0.6) is 0 Å². The minimum Gasteiger partial charge on any atom is -0.244 e. The number of nitrogens with zero attached hydrogens (tertiary/aromatic N) is 2. The number of halogens is 1. The molecule has 3 aromatic rings. The van der Waals surface area contributed by atoms with E-state index < -0.39 is 5.25 Å². The molecule has 148 valence electrons. The zero-order valence-corrected chi connectivity index (χ0v) is 17.8. The van der Waals surface area contributed by atoms with Crippen LogP contribution in [-0.2, 0) is 11.3 Å². The van der Waals surface area contributed by atoms with E-state index in [0.717, 1.165) is 27.3 Å². The topological polar surface area (TPSA) is 40.4 Å². The third-order valence-electron chi connectivity index (χ3n) is 5.50. The number of carbonyl (C=O) groups is 2. The number of urea groups is 1. The number of thioether (sulfide) groups is 1. The van der Waals surface area contributed by atoms with Gasteiger partial charge in [0.05, 0.1) is 5.02 Å². The van der Waals surface area contributed by atoms with E-state index in [0.29, 0.717) is 17.3 Å². The zero-order chi connectivity index (χ0) is 20.8. The normalized spacial score (nSPS) is 17.9. The summed E-state index contributed by atoms with van der Waals surface area (Å²) in [6.07, 6.45) is 0. The average Bonchev–Trinajstić information content (AvgIpc) is 3.14. The second-order valence-electron chi connectivity index (χ2n) is 7.30. The molecule has 0 aliphatic carbocycles. The molecule has 1 unspecified atom stereocenters. The van der Waals surface area contributed by atoms with Crippen LogP contribution in [0.3, 0.4) is 0 Å². The lowest BCUT2D eigenvalue weighted by molar-refractivity contribution is -0.444. The smallest absolute Gasteiger partial charge is 0.244 e. The molecule has 0 aromatic heterocycles. The third-order valence-corrected chi connectivity index (χ3v) is 7.09. The number of benzene rings is 3. The molecular weight excluding hydrogens is 416 g/mol. The van der Waals surface area contributed by atoms with Gasteiger partial charge in [0, 0.05) is 10.5 Å². The Labute approximate surface area is 183 Å². The Hall–Kier alpha value is -2.89. The zero-order valence-electron chi connectivity index (χ0n) is 16.2. The van der Waals surface area contributed by atoms with E-state index in [9.17, 15) is 9.59 Å². The van der Waals surface area contributed by atoms with Crippen LogP contribution in [0.2, 0.25) is 5.02 Å². The molecule has 6 heteroatoms. The summed E-state index contributed by atoms with van der Waals surface area (Å²) in [7, 11) is 0. The highest BCUT2D eigenvalue weighted by atomic mass is 35.5. The van der Waals surface area contributed by atoms with Crippen LogP contribution >= 0.6 is 23.4 Å². The first-order valence-corrected chi connectivity index (χ1v) is 10.9. The predicted octanol–water partition coefficient (Wildman–Crippen LogP) is 5.29. The van der Waals surface area contributed by atoms with Crippen LogP contribution in [0, 0.1) is 6.92 Å². The maximum atomic E-state index is 13.7. The number of carbonyl (C=O) groups excluding carboxylic acids is 2. The standard InChI is InChI=1S/C24H18ClN2O2S/c1-15-8-2-3-9-16(15)14-26-21-17-10-4-7-13-20(17)30-22(21)23(28)27(24(26)29)19-12-6-5-11-18(19)25/h2-13,22H,14H2,1H3/q+1. The molecule has 3 amide bonds. The third kappa shape index (κ3) is 2.97. The fourth-order valence-corrected chi connectivity index (χ4v) is 5.46. The lowest BCUT2D eigenvalue weighted by Gasteiger charge is -2.25. The Kier molecular flexibility index (Phi) is 4.72. The molecule has 2 heterocycles. The van der Waals surface area contributed by atoms with Gasteiger partial charge in [0.15, 0.2) is 10.9 Å². The van der Waals surface area contributed by atoms with Crippen LogP contribution in [0.1, 0.15) is 16.7 Å². The fraction of sp³-hybridized carbons (Fsp3) is 0.125. The van der Waals surface area contributed by atoms with Crippen molar-refractivity contribution in [1.29, 1.82) is 0 Å². The Morgan fingerprint density at radius 2 is 1.67 bits per heavy atom. The van der Waals surface area contributed by atoms with Crippen LogP contribution in [0.15, 0.2) is 77.7 Å². The van der Waals surface area contributed by atoms with Crippen LogP contribution in [0.4, 0.5) is 10.5 Å². The number of imide groups is 1. The lowest BCUT2D eigenvalue weighted by atomic mass is 10.0. The van der Waals surface area contributed by atoms with Gasteiger partial charge in [-0.25, -0.2) is 4.79 Å². The quantitative estimate of drug-likeness (QED) is 0.527. The van der Waals surface area contributed by atoms with Crippen molar-refractivity contribution in [3.8, 4) is 0 Å². The van der Waals surface area contributed by atoms with Gasteiger partial charge in [0.25, 0.3) is 0 Å². The minimum absolute atomic E-state index is 0.259. The molecule has 0 bridgehead atoms. The summed E-state index contributed by atoms with van der Waals surface area (Å²) >= 11 is 7.86. The maximum Gasteiger partial charge on any atom is 0.506 e. The molecule has 5 rings (SSSR count). The van der Waals surface area contributed by atoms with Crippen LogP contribution < -0.4 is 4.90 Å². The molecule has 4 nitrogen and oxygen atoms in total. The molecule has 0 N–H and O–H groups in total. The molecule has 30 heavy (non-hydrogen) atoms. The number of hydrogen-bond acceptors (Lipinski definition) is 3. The van der Waals surface area contributed by atoms with Gasteiger partial charge in [-0.1, -0.05) is 60.1 Å². The van der Waals surface area contributed by atoms with Gasteiger partial charge >= 0.3 is 11.9 Å². The fourth-order valence-electron chi connectivity index (χ4n) is 3.96. The summed E-state index contributed by atoms with van der Waals surface area (Å²) in [5, 5.41) is -0.112.